The van der Waals surface area contributed by atoms with Crippen molar-refractivity contribution in [1.82, 2.24) is 0 Å². The van der Waals surface area contributed by atoms with Gasteiger partial charge in [0.15, 0.2) is 0 Å². The van der Waals surface area contributed by atoms with E-state index in [0.29, 0.717) is 31.3 Å². The summed E-state index contributed by atoms with van der Waals surface area (Å²) in [7, 11) is 0. The standard InChI is InChI=1S/C24H32O7/c1-12-7-8-19(28-14(3)25)23(5)18(10-16-13(2)22(27)30-17(16)9-12)24(6)21(31-24)11-20(23)29-15(4)26/h9,17-21H,7-8,10-11H2,1-6H3. The summed E-state index contributed by atoms with van der Waals surface area (Å²) in [5.74, 6) is -1.15. The van der Waals surface area contributed by atoms with Crippen LogP contribution >= 0.6 is 0 Å². The first-order valence-corrected chi connectivity index (χ1v) is 11.1. The number of ether oxygens (including phenoxy) is 4. The predicted octanol–water partition coefficient (Wildman–Crippen LogP) is 3.41. The smallest absolute Gasteiger partial charge is 0.334 e. The number of hydrogen-bond donors (Lipinski definition) is 0. The highest BCUT2D eigenvalue weighted by Gasteiger charge is 2.71. The Kier molecular flexibility index (Phi) is 5.31. The van der Waals surface area contributed by atoms with E-state index in [9.17, 15) is 14.4 Å². The quantitative estimate of drug-likeness (QED) is 0.286. The molecular weight excluding hydrogens is 400 g/mol. The van der Waals surface area contributed by atoms with Crippen molar-refractivity contribution in [2.45, 2.75) is 97.2 Å². The molecule has 0 aromatic carbocycles. The zero-order valence-electron chi connectivity index (χ0n) is 19.2. The predicted molar refractivity (Wildman–Crippen MR) is 111 cm³/mol. The Balaban J connectivity index is 1.86. The first-order valence-electron chi connectivity index (χ1n) is 11.1. The van der Waals surface area contributed by atoms with E-state index in [4.69, 9.17) is 18.9 Å². The second kappa shape index (κ2) is 7.47. The molecule has 4 aliphatic rings. The molecule has 4 rings (SSSR count). The summed E-state index contributed by atoms with van der Waals surface area (Å²) in [6, 6.07) is 0. The average molecular weight is 433 g/mol. The Morgan fingerprint density at radius 3 is 2.39 bits per heavy atom. The first kappa shape index (κ1) is 22.1. The zero-order valence-corrected chi connectivity index (χ0v) is 19.2. The molecule has 0 amide bonds. The van der Waals surface area contributed by atoms with E-state index in [1.165, 1.54) is 13.8 Å². The zero-order chi connectivity index (χ0) is 22.7. The van der Waals surface area contributed by atoms with Crippen LogP contribution < -0.4 is 0 Å². The van der Waals surface area contributed by atoms with Crippen LogP contribution in [0.3, 0.4) is 0 Å². The summed E-state index contributed by atoms with van der Waals surface area (Å²) in [5.41, 5.74) is 1.50. The van der Waals surface area contributed by atoms with E-state index in [2.05, 4.69) is 6.92 Å². The lowest BCUT2D eigenvalue weighted by molar-refractivity contribution is -0.187. The van der Waals surface area contributed by atoms with Gasteiger partial charge in [0.05, 0.1) is 11.7 Å². The molecule has 7 atom stereocenters. The van der Waals surface area contributed by atoms with E-state index in [1.807, 2.05) is 19.9 Å². The minimum atomic E-state index is -0.680. The lowest BCUT2D eigenvalue weighted by atomic mass is 9.56. The Bertz CT molecular complexity index is 886. The van der Waals surface area contributed by atoms with Gasteiger partial charge in [-0.05, 0) is 51.7 Å². The molecular formula is C24H32O7. The van der Waals surface area contributed by atoms with Crippen molar-refractivity contribution in [1.29, 1.82) is 0 Å². The van der Waals surface area contributed by atoms with Gasteiger partial charge >= 0.3 is 17.9 Å². The third-order valence-corrected chi connectivity index (χ3v) is 7.88. The summed E-state index contributed by atoms with van der Waals surface area (Å²) in [5, 5.41) is 0. The molecule has 0 bridgehead atoms. The normalized spacial score (nSPS) is 41.8. The van der Waals surface area contributed by atoms with Gasteiger partial charge < -0.3 is 18.9 Å². The molecule has 31 heavy (non-hydrogen) atoms. The summed E-state index contributed by atoms with van der Waals surface area (Å²) in [4.78, 5) is 36.5. The van der Waals surface area contributed by atoms with Crippen molar-refractivity contribution in [2.24, 2.45) is 11.3 Å². The van der Waals surface area contributed by atoms with E-state index < -0.39 is 29.3 Å². The highest BCUT2D eigenvalue weighted by atomic mass is 16.6. The molecule has 0 N–H and O–H groups in total. The second-order valence-electron chi connectivity index (χ2n) is 9.87. The molecule has 2 aliphatic heterocycles. The minimum absolute atomic E-state index is 0.0366. The van der Waals surface area contributed by atoms with Crippen molar-refractivity contribution in [3.05, 3.63) is 22.8 Å². The highest BCUT2D eigenvalue weighted by Crippen LogP contribution is 2.63. The van der Waals surface area contributed by atoms with Crippen LogP contribution in [0.25, 0.3) is 0 Å². The highest BCUT2D eigenvalue weighted by molar-refractivity contribution is 5.92. The number of hydrogen-bond acceptors (Lipinski definition) is 7. The molecule has 7 nitrogen and oxygen atoms in total. The molecule has 0 radical (unpaired) electrons. The number of fused-ring (bicyclic) bond motifs is 4. The molecule has 170 valence electrons. The van der Waals surface area contributed by atoms with Gasteiger partial charge in [-0.25, -0.2) is 4.79 Å². The fourth-order valence-electron chi connectivity index (χ4n) is 6.02. The number of carbonyl (C=O) groups is 3. The van der Waals surface area contributed by atoms with Crippen LogP contribution in [0.4, 0.5) is 0 Å². The maximum atomic E-state index is 12.4. The van der Waals surface area contributed by atoms with Gasteiger partial charge in [-0.3, -0.25) is 9.59 Å². The monoisotopic (exact) mass is 432 g/mol. The summed E-state index contributed by atoms with van der Waals surface area (Å²) < 4.78 is 23.6. The third-order valence-electron chi connectivity index (χ3n) is 7.88. The lowest BCUT2D eigenvalue weighted by Crippen LogP contribution is -2.59. The molecule has 0 aromatic heterocycles. The van der Waals surface area contributed by atoms with Crippen LogP contribution in [-0.4, -0.2) is 47.9 Å². The maximum Gasteiger partial charge on any atom is 0.334 e. The first-order chi connectivity index (χ1) is 14.5. The average Bonchev–Trinajstić information content (AvgIpc) is 3.25. The SMILES string of the molecule is CC(=O)OC1CCC(C)=CC2OC(=O)C(C)=C2CC2C3(C)OC3CC(OC(C)=O)C12C. The fourth-order valence-corrected chi connectivity index (χ4v) is 6.02. The molecule has 2 fully saturated rings. The van der Waals surface area contributed by atoms with Gasteiger partial charge in [0.25, 0.3) is 0 Å². The van der Waals surface area contributed by atoms with Gasteiger partial charge in [0.2, 0.25) is 0 Å². The van der Waals surface area contributed by atoms with Crippen LogP contribution in [0, 0.1) is 11.3 Å². The largest absolute Gasteiger partial charge is 0.462 e. The van der Waals surface area contributed by atoms with E-state index >= 15 is 0 Å². The van der Waals surface area contributed by atoms with Gasteiger partial charge in [0, 0.05) is 37.2 Å². The number of rotatable bonds is 2. The summed E-state index contributed by atoms with van der Waals surface area (Å²) >= 11 is 0. The van der Waals surface area contributed by atoms with E-state index in [-0.39, 0.29) is 29.9 Å². The van der Waals surface area contributed by atoms with Gasteiger partial charge in [-0.2, -0.15) is 0 Å². The number of allylic oxidation sites excluding steroid dienone is 1. The van der Waals surface area contributed by atoms with Gasteiger partial charge in [-0.15, -0.1) is 0 Å². The Hall–Kier alpha value is -2.15. The molecule has 2 heterocycles. The van der Waals surface area contributed by atoms with E-state index in [0.717, 1.165) is 11.1 Å². The molecule has 0 spiro atoms. The van der Waals surface area contributed by atoms with Gasteiger partial charge in [-0.1, -0.05) is 12.5 Å². The van der Waals surface area contributed by atoms with Crippen LogP contribution in [0.2, 0.25) is 0 Å². The van der Waals surface area contributed by atoms with Gasteiger partial charge in [0.1, 0.15) is 18.3 Å². The topological polar surface area (TPSA) is 91.4 Å². The van der Waals surface area contributed by atoms with Crippen LogP contribution in [0.15, 0.2) is 22.8 Å². The molecule has 1 saturated heterocycles. The lowest BCUT2D eigenvalue weighted by Gasteiger charge is -2.51. The summed E-state index contributed by atoms with van der Waals surface area (Å²) in [6.45, 7) is 10.7. The Morgan fingerprint density at radius 2 is 1.74 bits per heavy atom. The van der Waals surface area contributed by atoms with Crippen LogP contribution in [0.1, 0.15) is 67.2 Å². The van der Waals surface area contributed by atoms with Crippen molar-refractivity contribution >= 4 is 17.9 Å². The van der Waals surface area contributed by atoms with Crippen molar-refractivity contribution in [3.8, 4) is 0 Å². The number of epoxide rings is 1. The molecule has 1 saturated carbocycles. The molecule has 7 unspecified atom stereocenters. The van der Waals surface area contributed by atoms with Crippen LogP contribution in [-0.2, 0) is 33.3 Å². The maximum absolute atomic E-state index is 12.4. The van der Waals surface area contributed by atoms with Crippen molar-refractivity contribution < 1.29 is 33.3 Å². The minimum Gasteiger partial charge on any atom is -0.462 e. The molecule has 0 aromatic rings. The number of esters is 3. The van der Waals surface area contributed by atoms with Crippen molar-refractivity contribution in [2.75, 3.05) is 0 Å². The Labute approximate surface area is 183 Å². The molecule has 7 heteroatoms. The summed E-state index contributed by atoms with van der Waals surface area (Å²) in [6.07, 6.45) is 3.03. The Morgan fingerprint density at radius 1 is 1.10 bits per heavy atom. The third kappa shape index (κ3) is 3.60. The molecule has 2 aliphatic carbocycles. The number of carbonyl (C=O) groups excluding carboxylic acids is 3. The fraction of sp³-hybridized carbons (Fsp3) is 0.708. The van der Waals surface area contributed by atoms with Crippen LogP contribution in [0.5, 0.6) is 0 Å². The second-order valence-corrected chi connectivity index (χ2v) is 9.87. The van der Waals surface area contributed by atoms with E-state index in [1.54, 1.807) is 6.92 Å². The van der Waals surface area contributed by atoms with Crippen molar-refractivity contribution in [3.63, 3.8) is 0 Å².